The Kier molecular flexibility index (Phi) is 6.80. The van der Waals surface area contributed by atoms with Gasteiger partial charge in [-0.2, -0.15) is 0 Å². The van der Waals surface area contributed by atoms with Gasteiger partial charge in [0.15, 0.2) is 5.76 Å². The highest BCUT2D eigenvalue weighted by atomic mass is 35.5. The van der Waals surface area contributed by atoms with Gasteiger partial charge in [0.2, 0.25) is 5.78 Å². The van der Waals surface area contributed by atoms with Crippen LogP contribution in [0.4, 0.5) is 10.1 Å². The lowest BCUT2D eigenvalue weighted by atomic mass is 10.1. The summed E-state index contributed by atoms with van der Waals surface area (Å²) in [6.07, 6.45) is 0. The van der Waals surface area contributed by atoms with Gasteiger partial charge >= 0.3 is 0 Å². The van der Waals surface area contributed by atoms with Gasteiger partial charge in [-0.1, -0.05) is 40.9 Å². The minimum absolute atomic E-state index is 0.0638. The predicted molar refractivity (Wildman–Crippen MR) is 137 cm³/mol. The number of benzene rings is 3. The maximum absolute atomic E-state index is 13.9. The molecule has 0 saturated carbocycles. The average Bonchev–Trinajstić information content (AvgIpc) is 3.29. The van der Waals surface area contributed by atoms with E-state index in [1.54, 1.807) is 54.6 Å². The van der Waals surface area contributed by atoms with Crippen molar-refractivity contribution in [1.29, 1.82) is 0 Å². The summed E-state index contributed by atoms with van der Waals surface area (Å²) in [5, 5.41) is 4.65. The number of carbonyl (C=O) groups is 1. The van der Waals surface area contributed by atoms with Crippen molar-refractivity contribution < 1.29 is 13.6 Å². The molecule has 178 valence electrons. The van der Waals surface area contributed by atoms with Gasteiger partial charge in [0.05, 0.1) is 5.02 Å². The van der Waals surface area contributed by atoms with Crippen molar-refractivity contribution in [3.8, 4) is 22.6 Å². The van der Waals surface area contributed by atoms with Crippen LogP contribution in [0.1, 0.15) is 10.7 Å². The van der Waals surface area contributed by atoms with Gasteiger partial charge in [0, 0.05) is 46.5 Å². The largest absolute Gasteiger partial charge is 0.433 e. The van der Waals surface area contributed by atoms with E-state index in [0.717, 1.165) is 0 Å². The lowest BCUT2D eigenvalue weighted by Crippen LogP contribution is -2.55. The second kappa shape index (κ2) is 9.99. The Morgan fingerprint density at radius 3 is 2.54 bits per heavy atom. The quantitative estimate of drug-likeness (QED) is 0.289. The first-order valence-electron chi connectivity index (χ1n) is 10.9. The summed E-state index contributed by atoms with van der Waals surface area (Å²) in [7, 11) is 0. The minimum atomic E-state index is -0.629. The number of oxazole rings is 1. The van der Waals surface area contributed by atoms with Crippen LogP contribution in [0, 0.1) is 5.82 Å². The van der Waals surface area contributed by atoms with E-state index >= 15 is 0 Å². The molecule has 0 aliphatic carbocycles. The Balaban J connectivity index is 1.58. The Hall–Kier alpha value is -2.90. The van der Waals surface area contributed by atoms with Crippen molar-refractivity contribution in [2.45, 2.75) is 6.04 Å². The highest BCUT2D eigenvalue weighted by molar-refractivity contribution is 6.36. The normalized spacial score (nSPS) is 15.9. The third-order valence-electron chi connectivity index (χ3n) is 5.82. The molecule has 1 atom stereocenters. The van der Waals surface area contributed by atoms with Gasteiger partial charge < -0.3 is 14.6 Å². The molecule has 0 amide bonds. The van der Waals surface area contributed by atoms with Crippen molar-refractivity contribution in [3.05, 3.63) is 93.5 Å². The fraction of sp³-hybridized carbons (Fsp3) is 0.154. The van der Waals surface area contributed by atoms with Crippen molar-refractivity contribution in [2.24, 2.45) is 0 Å². The van der Waals surface area contributed by atoms with E-state index < -0.39 is 6.04 Å². The number of Topliss-reactive ketones (excluding diaryl/α,β-unsaturated/α-hetero) is 1. The zero-order valence-electron chi connectivity index (χ0n) is 18.3. The molecule has 1 unspecified atom stereocenters. The molecule has 2 heterocycles. The van der Waals surface area contributed by atoms with E-state index in [0.29, 0.717) is 63.0 Å². The molecular formula is C26H19Cl3FN3O2. The highest BCUT2D eigenvalue weighted by Gasteiger charge is 2.34. The van der Waals surface area contributed by atoms with Gasteiger partial charge in [-0.3, -0.25) is 4.79 Å². The average molecular weight is 531 g/mol. The number of hydrogen-bond acceptors (Lipinski definition) is 5. The molecular weight excluding hydrogens is 512 g/mol. The molecule has 4 aromatic rings. The standard InChI is InChI=1S/C26H19Cl3FN3O2/c27-16-6-4-15(5-7-16)25-23(20-9-8-17(28)12-21(20)29)32-26(35-25)24(34)22-14-31-10-11-33(22)19-3-1-2-18(30)13-19/h1-9,12-13,22,31H,10-11,14H2. The summed E-state index contributed by atoms with van der Waals surface area (Å²) >= 11 is 18.6. The van der Waals surface area contributed by atoms with Crippen molar-refractivity contribution in [3.63, 3.8) is 0 Å². The molecule has 35 heavy (non-hydrogen) atoms. The summed E-state index contributed by atoms with van der Waals surface area (Å²) in [6.45, 7) is 1.55. The molecule has 0 spiro atoms. The van der Waals surface area contributed by atoms with Crippen molar-refractivity contribution >= 4 is 46.3 Å². The van der Waals surface area contributed by atoms with Gasteiger partial charge in [0.25, 0.3) is 5.89 Å². The minimum Gasteiger partial charge on any atom is -0.433 e. The van der Waals surface area contributed by atoms with E-state index in [2.05, 4.69) is 10.3 Å². The number of aromatic nitrogens is 1. The van der Waals surface area contributed by atoms with E-state index in [1.807, 2.05) is 4.90 Å². The zero-order chi connectivity index (χ0) is 24.5. The van der Waals surface area contributed by atoms with Gasteiger partial charge in [-0.15, -0.1) is 0 Å². The van der Waals surface area contributed by atoms with Gasteiger partial charge in [-0.05, 0) is 60.7 Å². The molecule has 0 bridgehead atoms. The zero-order valence-corrected chi connectivity index (χ0v) is 20.5. The summed E-state index contributed by atoms with van der Waals surface area (Å²) < 4.78 is 20.0. The third-order valence-corrected chi connectivity index (χ3v) is 6.62. The smallest absolute Gasteiger partial charge is 0.266 e. The van der Waals surface area contributed by atoms with Gasteiger partial charge in [0.1, 0.15) is 17.6 Å². The third kappa shape index (κ3) is 4.93. The predicted octanol–water partition coefficient (Wildman–Crippen LogP) is 6.77. The first-order chi connectivity index (χ1) is 16.9. The molecule has 1 aliphatic heterocycles. The monoisotopic (exact) mass is 529 g/mol. The van der Waals surface area contributed by atoms with E-state index in [9.17, 15) is 9.18 Å². The molecule has 1 N–H and O–H groups in total. The van der Waals surface area contributed by atoms with Crippen LogP contribution in [0.5, 0.6) is 0 Å². The van der Waals surface area contributed by atoms with E-state index in [-0.39, 0.29) is 17.5 Å². The number of carbonyl (C=O) groups excluding carboxylic acids is 1. The molecule has 0 radical (unpaired) electrons. The maximum atomic E-state index is 13.9. The molecule has 1 aromatic heterocycles. The molecule has 5 rings (SSSR count). The van der Waals surface area contributed by atoms with Crippen LogP contribution < -0.4 is 10.2 Å². The molecule has 9 heteroatoms. The lowest BCUT2D eigenvalue weighted by Gasteiger charge is -2.36. The first-order valence-corrected chi connectivity index (χ1v) is 12.0. The Labute approximate surface area is 216 Å². The highest BCUT2D eigenvalue weighted by Crippen LogP contribution is 2.38. The number of halogens is 4. The second-order valence-corrected chi connectivity index (χ2v) is 9.37. The van der Waals surface area contributed by atoms with Gasteiger partial charge in [-0.25, -0.2) is 9.37 Å². The fourth-order valence-electron chi connectivity index (χ4n) is 4.13. The topological polar surface area (TPSA) is 58.4 Å². The molecule has 5 nitrogen and oxygen atoms in total. The Morgan fingerprint density at radius 2 is 1.80 bits per heavy atom. The maximum Gasteiger partial charge on any atom is 0.266 e. The summed E-state index contributed by atoms with van der Waals surface area (Å²) in [6, 6.07) is 17.6. The summed E-state index contributed by atoms with van der Waals surface area (Å²) in [5.74, 6) is -0.373. The molecule has 1 fully saturated rings. The van der Waals surface area contributed by atoms with Crippen molar-refractivity contribution in [2.75, 3.05) is 24.5 Å². The summed E-state index contributed by atoms with van der Waals surface area (Å²) in [5.41, 5.74) is 2.30. The Bertz CT molecular complexity index is 1390. The summed E-state index contributed by atoms with van der Waals surface area (Å²) in [4.78, 5) is 20.1. The molecule has 1 saturated heterocycles. The first kappa shape index (κ1) is 23.8. The number of nitrogens with one attached hydrogen (secondary N) is 1. The van der Waals surface area contributed by atoms with Crippen LogP contribution in [0.15, 0.2) is 71.1 Å². The number of piperazine rings is 1. The number of rotatable bonds is 5. The van der Waals surface area contributed by atoms with Crippen molar-refractivity contribution in [1.82, 2.24) is 10.3 Å². The number of anilines is 1. The fourth-order valence-corrected chi connectivity index (χ4v) is 4.76. The Morgan fingerprint density at radius 1 is 1.03 bits per heavy atom. The molecule has 3 aromatic carbocycles. The van der Waals surface area contributed by atoms with Crippen LogP contribution in [-0.4, -0.2) is 36.4 Å². The number of hydrogen-bond donors (Lipinski definition) is 1. The second-order valence-electron chi connectivity index (χ2n) is 8.09. The van der Waals surface area contributed by atoms with Crippen LogP contribution in [0.25, 0.3) is 22.6 Å². The van der Waals surface area contributed by atoms with Crippen LogP contribution >= 0.6 is 34.8 Å². The number of nitrogens with zero attached hydrogens (tertiary/aromatic N) is 2. The van der Waals surface area contributed by atoms with E-state index in [4.69, 9.17) is 39.2 Å². The lowest BCUT2D eigenvalue weighted by molar-refractivity contribution is 0.0917. The SMILES string of the molecule is O=C(c1nc(-c2ccc(Cl)cc2Cl)c(-c2ccc(Cl)cc2)o1)C1CNCCN1c1cccc(F)c1. The van der Waals surface area contributed by atoms with Crippen LogP contribution in [-0.2, 0) is 0 Å². The van der Waals surface area contributed by atoms with Crippen LogP contribution in [0.3, 0.4) is 0 Å². The molecule has 1 aliphatic rings. The number of ketones is 1. The van der Waals surface area contributed by atoms with Crippen LogP contribution in [0.2, 0.25) is 15.1 Å². The van der Waals surface area contributed by atoms with E-state index in [1.165, 1.54) is 12.1 Å².